The summed E-state index contributed by atoms with van der Waals surface area (Å²) in [5, 5.41) is 48.6. The lowest BCUT2D eigenvalue weighted by molar-refractivity contribution is 0.0197. The van der Waals surface area contributed by atoms with E-state index < -0.39 is 12.2 Å². The highest BCUT2D eigenvalue weighted by molar-refractivity contribution is 6.33. The number of halogens is 1. The fourth-order valence-corrected chi connectivity index (χ4v) is 2.71. The Labute approximate surface area is 130 Å². The van der Waals surface area contributed by atoms with Crippen molar-refractivity contribution >= 4 is 11.6 Å². The zero-order chi connectivity index (χ0) is 16.0. The molecule has 0 saturated heterocycles. The topological polar surface area (TPSA) is 110 Å². The average Bonchev–Trinajstić information content (AvgIpc) is 2.47. The highest BCUT2D eigenvalue weighted by atomic mass is 35.5. The molecule has 22 heavy (non-hydrogen) atoms. The molecule has 7 heteroatoms. The van der Waals surface area contributed by atoms with Crippen LogP contribution in [-0.2, 0) is 6.42 Å². The molecule has 1 aliphatic rings. The lowest BCUT2D eigenvalue weighted by Gasteiger charge is -2.32. The lowest BCUT2D eigenvalue weighted by atomic mass is 9.94. The minimum Gasteiger partial charge on any atom is -0.507 e. The first-order chi connectivity index (χ1) is 10.4. The van der Waals surface area contributed by atoms with Gasteiger partial charge in [-0.3, -0.25) is 0 Å². The van der Waals surface area contributed by atoms with E-state index in [2.05, 4.69) is 0 Å². The van der Waals surface area contributed by atoms with E-state index in [1.165, 1.54) is 18.2 Å². The van der Waals surface area contributed by atoms with Crippen molar-refractivity contribution < 1.29 is 30.3 Å². The van der Waals surface area contributed by atoms with Crippen LogP contribution in [0, 0.1) is 0 Å². The summed E-state index contributed by atoms with van der Waals surface area (Å²) in [5.41, 5.74) is 0.724. The van der Waals surface area contributed by atoms with Crippen molar-refractivity contribution in [1.82, 2.24) is 0 Å². The van der Waals surface area contributed by atoms with Crippen LogP contribution in [0.4, 0.5) is 0 Å². The number of aromatic hydroxyl groups is 4. The molecule has 1 aliphatic heterocycles. The third-order valence-electron chi connectivity index (χ3n) is 3.62. The molecule has 116 valence electrons. The van der Waals surface area contributed by atoms with Crippen LogP contribution in [0.2, 0.25) is 5.02 Å². The maximum atomic E-state index is 10.2. The fourth-order valence-electron chi connectivity index (χ4n) is 2.49. The Morgan fingerprint density at radius 2 is 1.68 bits per heavy atom. The van der Waals surface area contributed by atoms with Gasteiger partial charge < -0.3 is 30.3 Å². The molecular weight excluding hydrogens is 312 g/mol. The van der Waals surface area contributed by atoms with Crippen molar-refractivity contribution in [2.45, 2.75) is 18.6 Å². The third-order valence-corrected chi connectivity index (χ3v) is 3.98. The van der Waals surface area contributed by atoms with Gasteiger partial charge in [0, 0.05) is 18.1 Å². The zero-order valence-electron chi connectivity index (χ0n) is 11.2. The highest BCUT2D eigenvalue weighted by Gasteiger charge is 2.34. The van der Waals surface area contributed by atoms with Crippen LogP contribution in [-0.4, -0.2) is 31.6 Å². The summed E-state index contributed by atoms with van der Waals surface area (Å²) in [6.45, 7) is 0. The summed E-state index contributed by atoms with van der Waals surface area (Å²) >= 11 is 5.98. The molecule has 6 nitrogen and oxygen atoms in total. The van der Waals surface area contributed by atoms with E-state index in [0.29, 0.717) is 11.1 Å². The van der Waals surface area contributed by atoms with E-state index in [1.54, 1.807) is 0 Å². The second kappa shape index (κ2) is 5.15. The van der Waals surface area contributed by atoms with E-state index >= 15 is 0 Å². The van der Waals surface area contributed by atoms with Crippen LogP contribution in [0.5, 0.6) is 28.7 Å². The quantitative estimate of drug-likeness (QED) is 0.514. The Bertz CT molecular complexity index is 745. The second-order valence-electron chi connectivity index (χ2n) is 5.09. The predicted octanol–water partition coefficient (Wildman–Crippen LogP) is 2.20. The summed E-state index contributed by atoms with van der Waals surface area (Å²) in [7, 11) is 0. The number of hydrogen-bond acceptors (Lipinski definition) is 6. The highest BCUT2D eigenvalue weighted by Crippen LogP contribution is 2.48. The van der Waals surface area contributed by atoms with E-state index in [1.807, 2.05) is 0 Å². The smallest absolute Gasteiger partial charge is 0.157 e. The molecule has 1 heterocycles. The van der Waals surface area contributed by atoms with Crippen LogP contribution < -0.4 is 4.74 Å². The van der Waals surface area contributed by atoms with Crippen LogP contribution in [0.25, 0.3) is 0 Å². The maximum absolute atomic E-state index is 10.2. The molecule has 3 rings (SSSR count). The first-order valence-corrected chi connectivity index (χ1v) is 6.86. The van der Waals surface area contributed by atoms with Crippen molar-refractivity contribution in [3.05, 3.63) is 40.4 Å². The Hall–Kier alpha value is -2.31. The Balaban J connectivity index is 2.05. The molecule has 0 spiro atoms. The third kappa shape index (κ3) is 2.26. The Morgan fingerprint density at radius 3 is 2.36 bits per heavy atom. The normalized spacial score (nSPS) is 20.3. The number of rotatable bonds is 1. The molecule has 2 aromatic carbocycles. The van der Waals surface area contributed by atoms with Gasteiger partial charge in [-0.25, -0.2) is 0 Å². The standard InChI is InChI=1S/C15H13ClO6/c16-13-11(20)5-9(18)7-4-12(21)14(22-15(7)13)6-1-2-8(17)10(19)3-6/h1-3,5,12,14,17-21H,4H2/t12-,14+/m0/s1. The molecule has 2 atom stereocenters. The Morgan fingerprint density at radius 1 is 0.955 bits per heavy atom. The predicted molar refractivity (Wildman–Crippen MR) is 77.6 cm³/mol. The van der Waals surface area contributed by atoms with Crippen LogP contribution in [0.1, 0.15) is 17.2 Å². The van der Waals surface area contributed by atoms with E-state index in [4.69, 9.17) is 16.3 Å². The van der Waals surface area contributed by atoms with Gasteiger partial charge in [0.2, 0.25) is 0 Å². The molecule has 0 aromatic heterocycles. The molecule has 0 saturated carbocycles. The Kier molecular flexibility index (Phi) is 3.42. The van der Waals surface area contributed by atoms with Crippen molar-refractivity contribution in [3.8, 4) is 28.7 Å². The number of phenolic OH excluding ortho intramolecular Hbond substituents is 4. The summed E-state index contributed by atoms with van der Waals surface area (Å²) in [6.07, 6.45) is -1.80. The van der Waals surface area contributed by atoms with Crippen molar-refractivity contribution in [2.24, 2.45) is 0 Å². The first-order valence-electron chi connectivity index (χ1n) is 6.48. The number of aliphatic hydroxyl groups is 1. The van der Waals surface area contributed by atoms with Crippen molar-refractivity contribution in [3.63, 3.8) is 0 Å². The number of aliphatic hydroxyl groups excluding tert-OH is 1. The van der Waals surface area contributed by atoms with Gasteiger partial charge in [0.25, 0.3) is 0 Å². The first kappa shape index (κ1) is 14.6. The van der Waals surface area contributed by atoms with Crippen molar-refractivity contribution in [1.29, 1.82) is 0 Å². The minimum absolute atomic E-state index is 0.0623. The van der Waals surface area contributed by atoms with Gasteiger partial charge in [-0.1, -0.05) is 17.7 Å². The van der Waals surface area contributed by atoms with Gasteiger partial charge in [-0.05, 0) is 17.7 Å². The van der Waals surface area contributed by atoms with Crippen LogP contribution in [0.15, 0.2) is 24.3 Å². The molecule has 0 aliphatic carbocycles. The molecule has 0 unspecified atom stereocenters. The summed E-state index contributed by atoms with van der Waals surface area (Å²) < 4.78 is 5.62. The SMILES string of the molecule is Oc1ccc([C@H]2Oc3c(Cl)c(O)cc(O)c3C[C@@H]2O)cc1O. The second-order valence-corrected chi connectivity index (χ2v) is 5.47. The lowest BCUT2D eigenvalue weighted by Crippen LogP contribution is -2.30. The van der Waals surface area contributed by atoms with Crippen LogP contribution >= 0.6 is 11.6 Å². The largest absolute Gasteiger partial charge is 0.507 e. The van der Waals surface area contributed by atoms with Gasteiger partial charge in [0.1, 0.15) is 22.3 Å². The summed E-state index contributed by atoms with van der Waals surface area (Å²) in [5.74, 6) is -1.10. The van der Waals surface area contributed by atoms with E-state index in [9.17, 15) is 25.5 Å². The number of ether oxygens (including phenoxy) is 1. The van der Waals surface area contributed by atoms with Crippen LogP contribution in [0.3, 0.4) is 0 Å². The van der Waals surface area contributed by atoms with Gasteiger partial charge in [-0.2, -0.15) is 0 Å². The monoisotopic (exact) mass is 324 g/mol. The van der Waals surface area contributed by atoms with E-state index in [0.717, 1.165) is 6.07 Å². The number of benzene rings is 2. The average molecular weight is 325 g/mol. The zero-order valence-corrected chi connectivity index (χ0v) is 11.9. The number of fused-ring (bicyclic) bond motifs is 1. The van der Waals surface area contributed by atoms with Gasteiger partial charge >= 0.3 is 0 Å². The van der Waals surface area contributed by atoms with Crippen molar-refractivity contribution in [2.75, 3.05) is 0 Å². The summed E-state index contributed by atoms with van der Waals surface area (Å²) in [4.78, 5) is 0. The van der Waals surface area contributed by atoms with Gasteiger partial charge in [0.05, 0.1) is 6.10 Å². The number of hydrogen-bond donors (Lipinski definition) is 5. The molecule has 0 bridgehead atoms. The molecule has 5 N–H and O–H groups in total. The summed E-state index contributed by atoms with van der Waals surface area (Å²) in [6, 6.07) is 5.12. The van der Waals surface area contributed by atoms with E-state index in [-0.39, 0.29) is 40.2 Å². The molecular formula is C15H13ClO6. The molecule has 0 fully saturated rings. The number of phenols is 4. The maximum Gasteiger partial charge on any atom is 0.157 e. The fraction of sp³-hybridized carbons (Fsp3) is 0.200. The van der Waals surface area contributed by atoms with Gasteiger partial charge in [0.15, 0.2) is 17.6 Å². The molecule has 0 radical (unpaired) electrons. The molecule has 2 aromatic rings. The van der Waals surface area contributed by atoms with Gasteiger partial charge in [-0.15, -0.1) is 0 Å². The minimum atomic E-state index is -0.997. The molecule has 0 amide bonds.